The minimum atomic E-state index is -0.458. The van der Waals surface area contributed by atoms with Crippen LogP contribution in [0.5, 0.6) is 11.5 Å². The Morgan fingerprint density at radius 3 is 2.37 bits per heavy atom. The molecule has 0 fully saturated rings. The summed E-state index contributed by atoms with van der Waals surface area (Å²) in [6.45, 7) is 8.32. The maximum atomic E-state index is 12.0. The van der Waals surface area contributed by atoms with Crippen molar-refractivity contribution in [1.82, 2.24) is 0 Å². The van der Waals surface area contributed by atoms with Crippen LogP contribution in [0.25, 0.3) is 16.3 Å². The highest BCUT2D eigenvalue weighted by Crippen LogP contribution is 2.45. The molecular weight excluding hydrogens is 372 g/mol. The Morgan fingerprint density at radius 2 is 1.70 bits per heavy atom. The molecule has 148 valence electrons. The molecule has 0 spiro atoms. The van der Waals surface area contributed by atoms with Gasteiger partial charge in [-0.1, -0.05) is 58.0 Å². The van der Waals surface area contributed by atoms with E-state index in [1.807, 2.05) is 62.4 Å². The first-order valence-electron chi connectivity index (χ1n) is 10.2. The topological polar surface area (TPSA) is 62.4 Å². The van der Waals surface area contributed by atoms with E-state index < -0.39 is 5.91 Å². The highest BCUT2D eigenvalue weighted by molar-refractivity contribution is 6.50. The maximum Gasteiger partial charge on any atom is 0.288 e. The van der Waals surface area contributed by atoms with E-state index in [1.54, 1.807) is 0 Å². The van der Waals surface area contributed by atoms with Crippen molar-refractivity contribution in [2.75, 3.05) is 0 Å². The predicted octanol–water partition coefficient (Wildman–Crippen LogP) is 6.40. The van der Waals surface area contributed by atoms with Gasteiger partial charge in [0.2, 0.25) is 0 Å². The van der Waals surface area contributed by atoms with Crippen molar-refractivity contribution in [2.45, 2.75) is 33.6 Å². The van der Waals surface area contributed by atoms with Gasteiger partial charge in [-0.2, -0.15) is 5.26 Å². The van der Waals surface area contributed by atoms with Crippen molar-refractivity contribution in [2.24, 2.45) is 4.99 Å². The summed E-state index contributed by atoms with van der Waals surface area (Å²) in [4.78, 5) is 16.2. The number of aliphatic imine (C=N–C) groups is 1. The summed E-state index contributed by atoms with van der Waals surface area (Å²) in [6.07, 6.45) is 0. The lowest BCUT2D eigenvalue weighted by molar-refractivity contribution is -0.113. The number of hydrogen-bond donors (Lipinski definition) is 0. The quantitative estimate of drug-likeness (QED) is 0.516. The van der Waals surface area contributed by atoms with Gasteiger partial charge < -0.3 is 4.74 Å². The van der Waals surface area contributed by atoms with Gasteiger partial charge in [0.15, 0.2) is 0 Å². The van der Waals surface area contributed by atoms with Crippen molar-refractivity contribution >= 4 is 28.0 Å². The van der Waals surface area contributed by atoms with Crippen LogP contribution in [-0.2, 0) is 4.79 Å². The number of ether oxygens (including phenoxy) is 1. The van der Waals surface area contributed by atoms with Gasteiger partial charge in [-0.3, -0.25) is 4.79 Å². The van der Waals surface area contributed by atoms with Crippen LogP contribution in [-0.4, -0.2) is 11.6 Å². The molecule has 4 heteroatoms. The summed E-state index contributed by atoms with van der Waals surface area (Å²) >= 11 is 0. The summed E-state index contributed by atoms with van der Waals surface area (Å²) in [5.41, 5.74) is 4.37. The van der Waals surface area contributed by atoms with Crippen molar-refractivity contribution in [1.29, 1.82) is 5.26 Å². The number of nitrogens with zero attached hydrogens (tertiary/aromatic N) is 2. The molecular formula is C26H22N2O2. The second-order valence-electron chi connectivity index (χ2n) is 7.29. The largest absolute Gasteiger partial charge is 0.457 e. The molecule has 1 heterocycles. The third-order valence-electron chi connectivity index (χ3n) is 5.33. The Morgan fingerprint density at radius 1 is 0.967 bits per heavy atom. The Kier molecular flexibility index (Phi) is 4.97. The van der Waals surface area contributed by atoms with E-state index in [0.29, 0.717) is 17.2 Å². The summed E-state index contributed by atoms with van der Waals surface area (Å²) in [5.74, 6) is 1.52. The van der Waals surface area contributed by atoms with Gasteiger partial charge in [-0.25, -0.2) is 4.99 Å². The first-order chi connectivity index (χ1) is 14.6. The normalized spacial score (nSPS) is 13.7. The van der Waals surface area contributed by atoms with E-state index in [9.17, 15) is 10.1 Å². The van der Waals surface area contributed by atoms with Crippen LogP contribution in [0.4, 0.5) is 0 Å². The predicted molar refractivity (Wildman–Crippen MR) is 120 cm³/mol. The summed E-state index contributed by atoms with van der Waals surface area (Å²) in [7, 11) is 0. The number of carbonyl (C=O) groups is 1. The lowest BCUT2D eigenvalue weighted by atomic mass is 10.0. The molecule has 0 N–H and O–H groups in total. The Bertz CT molecular complexity index is 1270. The smallest absolute Gasteiger partial charge is 0.288 e. The lowest BCUT2D eigenvalue weighted by Gasteiger charge is -2.12. The minimum Gasteiger partial charge on any atom is -0.457 e. The second-order valence-corrected chi connectivity index (χ2v) is 7.29. The van der Waals surface area contributed by atoms with Crippen LogP contribution in [0, 0.1) is 11.3 Å². The molecule has 4 nitrogen and oxygen atoms in total. The van der Waals surface area contributed by atoms with Gasteiger partial charge in [0.25, 0.3) is 5.91 Å². The fourth-order valence-corrected chi connectivity index (χ4v) is 3.92. The van der Waals surface area contributed by atoms with Crippen LogP contribution in [0.1, 0.15) is 50.3 Å². The number of hydrogen-bond acceptors (Lipinski definition) is 3. The highest BCUT2D eigenvalue weighted by Gasteiger charge is 2.36. The number of benzene rings is 3. The standard InChI is InChI=1S/C24H16N2O2.C2H6/c1-13(2)14-6-8-15(9-7-14)28-20-11-10-17-21-16(20)4-3-5-18(21)23-22(17)19(12-25)24(27)26-23;1-2/h3-11,13H,1-2H3;1-2H3. The summed E-state index contributed by atoms with van der Waals surface area (Å²) in [5, 5.41) is 11.3. The summed E-state index contributed by atoms with van der Waals surface area (Å²) < 4.78 is 6.17. The monoisotopic (exact) mass is 394 g/mol. The van der Waals surface area contributed by atoms with E-state index in [4.69, 9.17) is 4.74 Å². The lowest BCUT2D eigenvalue weighted by Crippen LogP contribution is -1.94. The van der Waals surface area contributed by atoms with E-state index in [-0.39, 0.29) is 5.57 Å². The molecule has 0 bridgehead atoms. The minimum absolute atomic E-state index is 0.116. The zero-order chi connectivity index (χ0) is 21.4. The van der Waals surface area contributed by atoms with Crippen molar-refractivity contribution in [3.05, 3.63) is 76.9 Å². The SMILES string of the molecule is CC.CC(C)c1ccc(Oc2ccc3c4c(cccc24)C2=NC(=O)C(C#N)=C23)cc1. The van der Waals surface area contributed by atoms with Crippen molar-refractivity contribution < 1.29 is 9.53 Å². The van der Waals surface area contributed by atoms with Gasteiger partial charge >= 0.3 is 0 Å². The molecule has 3 aromatic carbocycles. The molecule has 5 rings (SSSR count). The van der Waals surface area contributed by atoms with E-state index in [0.717, 1.165) is 33.4 Å². The van der Waals surface area contributed by atoms with Crippen LogP contribution >= 0.6 is 0 Å². The molecule has 1 amide bonds. The number of amides is 1. The average molecular weight is 394 g/mol. The molecule has 0 atom stereocenters. The number of nitriles is 1. The molecule has 30 heavy (non-hydrogen) atoms. The Hall–Kier alpha value is -3.71. The van der Waals surface area contributed by atoms with Crippen LogP contribution in [0.15, 0.2) is 65.2 Å². The third kappa shape index (κ3) is 2.91. The van der Waals surface area contributed by atoms with Gasteiger partial charge in [0.1, 0.15) is 23.1 Å². The second kappa shape index (κ2) is 7.61. The van der Waals surface area contributed by atoms with E-state index in [1.165, 1.54) is 5.56 Å². The van der Waals surface area contributed by atoms with Crippen molar-refractivity contribution in [3.63, 3.8) is 0 Å². The highest BCUT2D eigenvalue weighted by atomic mass is 16.5. The number of allylic oxidation sites excluding steroid dienone is 1. The number of fused-ring (bicyclic) bond motifs is 3. The van der Waals surface area contributed by atoms with Crippen molar-refractivity contribution in [3.8, 4) is 17.6 Å². The first-order valence-corrected chi connectivity index (χ1v) is 10.2. The fourth-order valence-electron chi connectivity index (χ4n) is 3.92. The van der Waals surface area contributed by atoms with Crippen LogP contribution in [0.3, 0.4) is 0 Å². The molecule has 0 radical (unpaired) electrons. The van der Waals surface area contributed by atoms with Gasteiger partial charge in [-0.15, -0.1) is 0 Å². The Labute approximate surface area is 176 Å². The molecule has 1 aliphatic carbocycles. The molecule has 2 aliphatic rings. The molecule has 0 aromatic heterocycles. The number of carbonyl (C=O) groups excluding carboxylic acids is 1. The molecule has 0 unspecified atom stereocenters. The molecule has 0 saturated heterocycles. The zero-order valence-electron chi connectivity index (χ0n) is 17.5. The van der Waals surface area contributed by atoms with Gasteiger partial charge in [0.05, 0.1) is 5.71 Å². The van der Waals surface area contributed by atoms with Gasteiger partial charge in [0, 0.05) is 21.9 Å². The third-order valence-corrected chi connectivity index (χ3v) is 5.33. The molecule has 3 aromatic rings. The zero-order valence-corrected chi connectivity index (χ0v) is 17.5. The molecule has 1 aliphatic heterocycles. The molecule has 0 saturated carbocycles. The van der Waals surface area contributed by atoms with Crippen LogP contribution in [0.2, 0.25) is 0 Å². The van der Waals surface area contributed by atoms with Crippen LogP contribution < -0.4 is 4.74 Å². The Balaban J connectivity index is 0.00000106. The van der Waals surface area contributed by atoms with E-state index in [2.05, 4.69) is 31.0 Å². The first kappa shape index (κ1) is 19.6. The average Bonchev–Trinajstić information content (AvgIpc) is 3.26. The number of rotatable bonds is 3. The maximum absolute atomic E-state index is 12.0. The fraction of sp³-hybridized carbons (Fsp3) is 0.192. The summed E-state index contributed by atoms with van der Waals surface area (Å²) in [6, 6.07) is 19.8. The van der Waals surface area contributed by atoms with E-state index >= 15 is 0 Å². The van der Waals surface area contributed by atoms with Gasteiger partial charge in [-0.05, 0) is 41.3 Å².